The van der Waals surface area contributed by atoms with Crippen LogP contribution in [0.4, 0.5) is 0 Å². The number of rotatable bonds is 7. The van der Waals surface area contributed by atoms with E-state index in [2.05, 4.69) is 26.5 Å². The van der Waals surface area contributed by atoms with Gasteiger partial charge in [0.25, 0.3) is 11.7 Å². The molecule has 0 unspecified atom stereocenters. The lowest BCUT2D eigenvalue weighted by Gasteiger charge is -2.36. The Morgan fingerprint density at radius 1 is 1.08 bits per heavy atom. The summed E-state index contributed by atoms with van der Waals surface area (Å²) < 4.78 is 7.00. The highest BCUT2D eigenvalue weighted by molar-refractivity contribution is 6.45. The minimum Gasteiger partial charge on any atom is -0.494 e. The Balaban J connectivity index is 1.38. The molecule has 1 saturated heterocycles. The van der Waals surface area contributed by atoms with Crippen molar-refractivity contribution < 1.29 is 19.4 Å². The molecular formula is C28H30N6O4. The third kappa shape index (κ3) is 4.54. The lowest BCUT2D eigenvalue weighted by molar-refractivity contribution is -0.127. The van der Waals surface area contributed by atoms with E-state index >= 15 is 0 Å². The van der Waals surface area contributed by atoms with E-state index in [0.717, 1.165) is 11.3 Å². The molecule has 4 aromatic rings. The van der Waals surface area contributed by atoms with Crippen LogP contribution in [0.3, 0.4) is 0 Å². The molecule has 0 saturated carbocycles. The number of ketones is 1. The number of hydrogen-bond acceptors (Lipinski definition) is 7. The fraction of sp³-hybridized carbons (Fsp3) is 0.286. The monoisotopic (exact) mass is 514 g/mol. The molecule has 1 aliphatic heterocycles. The molecule has 1 aliphatic rings. The summed E-state index contributed by atoms with van der Waals surface area (Å²) in [7, 11) is 1.48. The van der Waals surface area contributed by atoms with Gasteiger partial charge in [-0.1, -0.05) is 36.9 Å². The number of hydrogen-bond donors (Lipinski definition) is 2. The molecule has 1 fully saturated rings. The maximum Gasteiger partial charge on any atom is 0.295 e. The van der Waals surface area contributed by atoms with E-state index in [-0.39, 0.29) is 5.56 Å². The second kappa shape index (κ2) is 9.79. The van der Waals surface area contributed by atoms with Crippen LogP contribution in [-0.2, 0) is 10.4 Å². The zero-order valence-electron chi connectivity index (χ0n) is 21.6. The largest absolute Gasteiger partial charge is 0.494 e. The van der Waals surface area contributed by atoms with Gasteiger partial charge in [0.1, 0.15) is 11.4 Å². The number of aromatic amines is 1. The van der Waals surface area contributed by atoms with E-state index in [0.29, 0.717) is 54.3 Å². The van der Waals surface area contributed by atoms with Crippen molar-refractivity contribution in [3.05, 3.63) is 78.4 Å². The van der Waals surface area contributed by atoms with Crippen molar-refractivity contribution in [1.29, 1.82) is 0 Å². The van der Waals surface area contributed by atoms with E-state index in [1.807, 2.05) is 30.3 Å². The summed E-state index contributed by atoms with van der Waals surface area (Å²) in [6, 6.07) is 11.6. The number of methoxy groups -OCH3 is 1. The van der Waals surface area contributed by atoms with Gasteiger partial charge < -0.3 is 24.6 Å². The molecule has 10 heteroatoms. The highest BCUT2D eigenvalue weighted by atomic mass is 16.5. The van der Waals surface area contributed by atoms with Gasteiger partial charge >= 0.3 is 0 Å². The fourth-order valence-corrected chi connectivity index (χ4v) is 4.63. The zero-order chi connectivity index (χ0) is 27.0. The van der Waals surface area contributed by atoms with Crippen molar-refractivity contribution in [3.63, 3.8) is 0 Å². The van der Waals surface area contributed by atoms with Gasteiger partial charge in [-0.05, 0) is 25.5 Å². The lowest BCUT2D eigenvalue weighted by atomic mass is 10.1. The average molecular weight is 515 g/mol. The maximum atomic E-state index is 13.4. The van der Waals surface area contributed by atoms with Gasteiger partial charge in [-0.2, -0.15) is 5.10 Å². The molecular weight excluding hydrogens is 484 g/mol. The summed E-state index contributed by atoms with van der Waals surface area (Å²) >= 11 is 0. The fourth-order valence-electron chi connectivity index (χ4n) is 4.63. The maximum absolute atomic E-state index is 13.4. The van der Waals surface area contributed by atoms with Gasteiger partial charge in [0, 0.05) is 44.3 Å². The topological polar surface area (TPSA) is 117 Å². The molecule has 0 spiro atoms. The third-order valence-electron chi connectivity index (χ3n) is 6.80. The van der Waals surface area contributed by atoms with Gasteiger partial charge in [0.15, 0.2) is 5.82 Å². The summed E-state index contributed by atoms with van der Waals surface area (Å²) in [4.78, 5) is 37.9. The molecule has 1 amide bonds. The first-order chi connectivity index (χ1) is 18.2. The second-order valence-corrected chi connectivity index (χ2v) is 9.73. The number of amides is 1. The van der Waals surface area contributed by atoms with Gasteiger partial charge in [-0.25, -0.2) is 9.67 Å². The minimum absolute atomic E-state index is 0.205. The van der Waals surface area contributed by atoms with Crippen LogP contribution < -0.4 is 4.74 Å². The van der Waals surface area contributed by atoms with E-state index < -0.39 is 17.3 Å². The molecule has 10 nitrogen and oxygen atoms in total. The number of carbonyl (C=O) groups excluding carboxylic acids is 2. The van der Waals surface area contributed by atoms with Crippen molar-refractivity contribution in [2.24, 2.45) is 0 Å². The first-order valence-electron chi connectivity index (χ1n) is 12.3. The lowest BCUT2D eigenvalue weighted by Crippen LogP contribution is -2.49. The minimum atomic E-state index is -1.13. The van der Waals surface area contributed by atoms with Crippen molar-refractivity contribution in [2.45, 2.75) is 19.4 Å². The van der Waals surface area contributed by atoms with Crippen molar-refractivity contribution in [3.8, 4) is 11.6 Å². The quantitative estimate of drug-likeness (QED) is 0.288. The van der Waals surface area contributed by atoms with Crippen molar-refractivity contribution in [2.75, 3.05) is 33.3 Å². The van der Waals surface area contributed by atoms with Crippen LogP contribution >= 0.6 is 0 Å². The second-order valence-electron chi connectivity index (χ2n) is 9.73. The number of nitrogens with one attached hydrogen (secondary N) is 1. The predicted molar refractivity (Wildman–Crippen MR) is 143 cm³/mol. The molecule has 0 bridgehead atoms. The number of aliphatic hydroxyl groups is 1. The summed E-state index contributed by atoms with van der Waals surface area (Å²) in [6.07, 6.45) is 4.68. The summed E-state index contributed by atoms with van der Waals surface area (Å²) in [5, 5.41) is 15.2. The summed E-state index contributed by atoms with van der Waals surface area (Å²) in [6.45, 7) is 9.49. The summed E-state index contributed by atoms with van der Waals surface area (Å²) in [5.41, 5.74) is 1.97. The number of benzene rings is 1. The first kappa shape index (κ1) is 25.2. The van der Waals surface area contributed by atoms with Crippen molar-refractivity contribution >= 4 is 28.3 Å². The SMILES string of the molecule is C=C(c1ccccc1)N1CCN(C(=O)C(=O)c2c[nH]c3c(-n4ccc(C(C)(C)O)n4)ncc(OC)c23)CC1. The number of carbonyl (C=O) groups is 2. The number of aromatic nitrogens is 4. The molecule has 3 aromatic heterocycles. The number of pyridine rings is 1. The van der Waals surface area contributed by atoms with Crippen LogP contribution in [0.2, 0.25) is 0 Å². The van der Waals surface area contributed by atoms with Crippen molar-refractivity contribution in [1.82, 2.24) is 29.5 Å². The molecule has 2 N–H and O–H groups in total. The van der Waals surface area contributed by atoms with E-state index in [9.17, 15) is 14.7 Å². The van der Waals surface area contributed by atoms with Crippen LogP contribution in [0.5, 0.6) is 5.75 Å². The van der Waals surface area contributed by atoms with Gasteiger partial charge in [0.2, 0.25) is 0 Å². The Morgan fingerprint density at radius 3 is 2.39 bits per heavy atom. The van der Waals surface area contributed by atoms with Crippen LogP contribution in [0.1, 0.15) is 35.5 Å². The standard InChI is InChI=1S/C28H30N6O4/c1-18(19-8-6-5-7-9-19)32-12-14-33(15-13-32)27(36)25(35)20-16-29-24-23(20)21(38-4)17-30-26(24)34-11-10-22(31-34)28(2,3)37/h5-11,16-17,29,37H,1,12-15H2,2-4H3. The predicted octanol–water partition coefficient (Wildman–Crippen LogP) is 2.98. The first-order valence-corrected chi connectivity index (χ1v) is 12.3. The zero-order valence-corrected chi connectivity index (χ0v) is 21.6. The molecule has 0 aliphatic carbocycles. The average Bonchev–Trinajstić information content (AvgIpc) is 3.60. The molecule has 1 aromatic carbocycles. The molecule has 0 radical (unpaired) electrons. The third-order valence-corrected chi connectivity index (χ3v) is 6.80. The molecule has 196 valence electrons. The van der Waals surface area contributed by atoms with E-state index in [4.69, 9.17) is 4.74 Å². The Hall–Kier alpha value is -4.44. The number of ether oxygens (including phenoxy) is 1. The van der Waals surface area contributed by atoms with Gasteiger partial charge in [0.05, 0.1) is 35.5 Å². The van der Waals surface area contributed by atoms with Crippen LogP contribution in [0.25, 0.3) is 22.4 Å². The number of fused-ring (bicyclic) bond motifs is 1. The van der Waals surface area contributed by atoms with E-state index in [1.54, 1.807) is 31.0 Å². The van der Waals surface area contributed by atoms with Gasteiger partial charge in [-0.3, -0.25) is 9.59 Å². The van der Waals surface area contributed by atoms with E-state index in [1.165, 1.54) is 24.2 Å². The highest BCUT2D eigenvalue weighted by Gasteiger charge is 2.31. The normalized spacial score (nSPS) is 14.1. The van der Waals surface area contributed by atoms with Crippen LogP contribution in [0.15, 0.2) is 61.6 Å². The Kier molecular flexibility index (Phi) is 6.50. The number of H-pyrrole nitrogens is 1. The van der Waals surface area contributed by atoms with Crippen LogP contribution in [0, 0.1) is 0 Å². The number of Topliss-reactive ketones (excluding diaryl/α,β-unsaturated/α-hetero) is 1. The molecule has 38 heavy (non-hydrogen) atoms. The Labute approximate surface area is 220 Å². The molecule has 0 atom stereocenters. The highest BCUT2D eigenvalue weighted by Crippen LogP contribution is 2.32. The Bertz CT molecular complexity index is 1510. The Morgan fingerprint density at radius 2 is 1.76 bits per heavy atom. The van der Waals surface area contributed by atoms with Crippen LogP contribution in [-0.4, -0.2) is 79.6 Å². The summed E-state index contributed by atoms with van der Waals surface area (Å²) in [5.74, 6) is -0.421. The molecule has 4 heterocycles. The number of nitrogens with zero attached hydrogens (tertiary/aromatic N) is 5. The van der Waals surface area contributed by atoms with Gasteiger partial charge in [-0.15, -0.1) is 0 Å². The smallest absolute Gasteiger partial charge is 0.295 e. The number of piperazine rings is 1. The molecule has 5 rings (SSSR count).